The number of hydrogen-bond acceptors (Lipinski definition) is 4. The fourth-order valence-corrected chi connectivity index (χ4v) is 5.55. The average Bonchev–Trinajstić information content (AvgIpc) is 3.42. The van der Waals surface area contributed by atoms with Gasteiger partial charge in [-0.2, -0.15) is 18.3 Å². The molecule has 4 heterocycles. The van der Waals surface area contributed by atoms with Gasteiger partial charge in [0.25, 0.3) is 0 Å². The van der Waals surface area contributed by atoms with Gasteiger partial charge in [0.2, 0.25) is 0 Å². The Labute approximate surface area is 240 Å². The molecule has 2 aliphatic rings. The van der Waals surface area contributed by atoms with Crippen LogP contribution < -0.4 is 5.32 Å². The Balaban J connectivity index is 0.000000150. The van der Waals surface area contributed by atoms with Crippen LogP contribution in [0.3, 0.4) is 0 Å². The minimum atomic E-state index is -4.44. The molecule has 2 fully saturated rings. The van der Waals surface area contributed by atoms with E-state index >= 15 is 0 Å². The third-order valence-electron chi connectivity index (χ3n) is 7.84. The van der Waals surface area contributed by atoms with Gasteiger partial charge in [0.1, 0.15) is 22.9 Å². The minimum absolute atomic E-state index is 0.0887. The zero-order valence-corrected chi connectivity index (χ0v) is 22.6. The maximum atomic E-state index is 13.0. The number of aromatic nitrogens is 4. The van der Waals surface area contributed by atoms with Crippen LogP contribution in [0.4, 0.5) is 17.6 Å². The molecule has 1 saturated heterocycles. The number of aldehydes is 1. The number of imidazole rings is 1. The first kappa shape index (κ1) is 27.8. The molecule has 1 saturated carbocycles. The monoisotopic (exact) mass is 575 g/mol. The first-order valence-electron chi connectivity index (χ1n) is 13.9. The van der Waals surface area contributed by atoms with Crippen molar-refractivity contribution in [3.05, 3.63) is 102 Å². The van der Waals surface area contributed by atoms with Crippen molar-refractivity contribution in [3.8, 4) is 22.5 Å². The van der Waals surface area contributed by atoms with Crippen molar-refractivity contribution in [3.63, 3.8) is 0 Å². The number of pyridine rings is 1. The summed E-state index contributed by atoms with van der Waals surface area (Å²) in [5.74, 6) is 0.724. The van der Waals surface area contributed by atoms with Gasteiger partial charge in [0.15, 0.2) is 6.29 Å². The molecule has 1 aliphatic carbocycles. The van der Waals surface area contributed by atoms with Crippen LogP contribution in [0, 0.1) is 11.7 Å². The lowest BCUT2D eigenvalue weighted by molar-refractivity contribution is -0.137. The van der Waals surface area contributed by atoms with Crippen molar-refractivity contribution in [1.29, 1.82) is 0 Å². The van der Waals surface area contributed by atoms with Crippen molar-refractivity contribution in [2.75, 3.05) is 0 Å². The second kappa shape index (κ2) is 11.5. The highest BCUT2D eigenvalue weighted by molar-refractivity contribution is 5.86. The van der Waals surface area contributed by atoms with Crippen molar-refractivity contribution in [1.82, 2.24) is 24.5 Å². The highest BCUT2D eigenvalue weighted by Crippen LogP contribution is 2.38. The Morgan fingerprint density at radius 1 is 0.952 bits per heavy atom. The Kier molecular flexibility index (Phi) is 7.64. The molecule has 7 rings (SSSR count). The van der Waals surface area contributed by atoms with Crippen LogP contribution in [0.5, 0.6) is 0 Å². The molecule has 3 aromatic heterocycles. The molecule has 5 aromatic rings. The predicted molar refractivity (Wildman–Crippen MR) is 151 cm³/mol. The van der Waals surface area contributed by atoms with E-state index in [1.54, 1.807) is 36.4 Å². The van der Waals surface area contributed by atoms with Crippen LogP contribution in [0.1, 0.15) is 41.7 Å². The van der Waals surface area contributed by atoms with E-state index in [1.165, 1.54) is 48.4 Å². The molecule has 0 spiro atoms. The Morgan fingerprint density at radius 3 is 2.48 bits per heavy atom. The number of nitrogens with zero attached hydrogens (tertiary/aromatic N) is 4. The number of rotatable bonds is 5. The van der Waals surface area contributed by atoms with Gasteiger partial charge >= 0.3 is 6.18 Å². The van der Waals surface area contributed by atoms with Crippen LogP contribution in [-0.2, 0) is 12.7 Å². The van der Waals surface area contributed by atoms with Crippen LogP contribution in [0.2, 0.25) is 0 Å². The molecule has 216 valence electrons. The van der Waals surface area contributed by atoms with Gasteiger partial charge in [-0.05, 0) is 67.6 Å². The molecule has 6 nitrogen and oxygen atoms in total. The predicted octanol–water partition coefficient (Wildman–Crippen LogP) is 7.05. The van der Waals surface area contributed by atoms with Gasteiger partial charge in [-0.1, -0.05) is 36.8 Å². The smallest absolute Gasteiger partial charge is 0.309 e. The van der Waals surface area contributed by atoms with Crippen LogP contribution in [0.15, 0.2) is 85.2 Å². The number of hydrogen-bond donors (Lipinski definition) is 1. The van der Waals surface area contributed by atoms with E-state index < -0.39 is 11.7 Å². The zero-order chi connectivity index (χ0) is 29.3. The maximum Gasteiger partial charge on any atom is 0.416 e. The lowest BCUT2D eigenvalue weighted by Crippen LogP contribution is -2.34. The topological polar surface area (TPSA) is 64.2 Å². The van der Waals surface area contributed by atoms with Crippen LogP contribution in [-0.4, -0.2) is 37.5 Å². The second-order valence-corrected chi connectivity index (χ2v) is 10.8. The first-order chi connectivity index (χ1) is 20.3. The molecule has 0 bridgehead atoms. The molecule has 0 amide bonds. The summed E-state index contributed by atoms with van der Waals surface area (Å²) in [7, 11) is 0. The zero-order valence-electron chi connectivity index (χ0n) is 22.6. The van der Waals surface area contributed by atoms with E-state index in [2.05, 4.69) is 15.4 Å². The summed E-state index contributed by atoms with van der Waals surface area (Å²) in [6.45, 7) is 0.921. The molecule has 10 heteroatoms. The highest BCUT2D eigenvalue weighted by atomic mass is 19.4. The lowest BCUT2D eigenvalue weighted by atomic mass is 10.1. The standard InChI is InChI=1S/C17H20FN3.C15H9F3N2O/c18-14-6-4-12(5-7-14)16-8-9-21(20-16)11-15-3-1-2-13-10-17(13)19-15;16-15(17,18)11-6-7-20-12(9-21)14(19-13(20)8-11)10-4-2-1-3-5-10/h4-9,13,15,17,19H,1-3,10-11H2;1-9H/t13-,15?,17?;/m1./s1. The fourth-order valence-electron chi connectivity index (χ4n) is 5.55. The molecule has 0 radical (unpaired) electrons. The molecule has 1 aliphatic heterocycles. The van der Waals surface area contributed by atoms with Gasteiger partial charge in [-0.25, -0.2) is 9.37 Å². The maximum absolute atomic E-state index is 13.0. The molecular formula is C32H29F4N5O. The summed E-state index contributed by atoms with van der Waals surface area (Å²) in [5, 5.41) is 8.38. The van der Waals surface area contributed by atoms with E-state index in [1.807, 2.05) is 23.0 Å². The molecular weight excluding hydrogens is 546 g/mol. The van der Waals surface area contributed by atoms with Crippen molar-refractivity contribution < 1.29 is 22.4 Å². The van der Waals surface area contributed by atoms with E-state index in [9.17, 15) is 22.4 Å². The summed E-state index contributed by atoms with van der Waals surface area (Å²) in [6.07, 6.45) is 4.68. The molecule has 2 unspecified atom stereocenters. The molecule has 1 N–H and O–H groups in total. The average molecular weight is 576 g/mol. The van der Waals surface area contributed by atoms with Crippen molar-refractivity contribution in [2.45, 2.75) is 50.5 Å². The fraction of sp³-hybridized carbons (Fsp3) is 0.281. The minimum Gasteiger partial charge on any atom is -0.309 e. The number of carbonyl (C=O) groups is 1. The highest BCUT2D eigenvalue weighted by Gasteiger charge is 2.39. The van der Waals surface area contributed by atoms with Gasteiger partial charge in [-0.3, -0.25) is 13.9 Å². The van der Waals surface area contributed by atoms with Crippen molar-refractivity contribution >= 4 is 11.9 Å². The second-order valence-electron chi connectivity index (χ2n) is 10.8. The van der Waals surface area contributed by atoms with E-state index in [0.29, 0.717) is 23.6 Å². The summed E-state index contributed by atoms with van der Waals surface area (Å²) in [5.41, 5.74) is 2.44. The number of fused-ring (bicyclic) bond motifs is 2. The van der Waals surface area contributed by atoms with Gasteiger partial charge in [0.05, 0.1) is 17.8 Å². The van der Waals surface area contributed by atoms with E-state index in [0.717, 1.165) is 41.9 Å². The molecule has 42 heavy (non-hydrogen) atoms. The number of halogens is 4. The van der Waals surface area contributed by atoms with E-state index in [-0.39, 0.29) is 17.2 Å². The Hall–Kier alpha value is -4.31. The SMILES string of the molecule is Fc1ccc(-c2ccn(CC3CCC[C@@H]4CC4N3)n2)cc1.O=Cc1c(-c2ccccc2)nc2cc(C(F)(F)F)ccn12. The van der Waals surface area contributed by atoms with Crippen LogP contribution >= 0.6 is 0 Å². The summed E-state index contributed by atoms with van der Waals surface area (Å²) >= 11 is 0. The van der Waals surface area contributed by atoms with E-state index in [4.69, 9.17) is 0 Å². The largest absolute Gasteiger partial charge is 0.416 e. The summed E-state index contributed by atoms with van der Waals surface area (Å²) in [4.78, 5) is 15.4. The van der Waals surface area contributed by atoms with Crippen LogP contribution in [0.25, 0.3) is 28.2 Å². The van der Waals surface area contributed by atoms with Crippen molar-refractivity contribution in [2.24, 2.45) is 5.92 Å². The number of carbonyl (C=O) groups excluding carboxylic acids is 1. The number of nitrogens with one attached hydrogen (secondary N) is 1. The Bertz CT molecular complexity index is 1680. The summed E-state index contributed by atoms with van der Waals surface area (Å²) < 4.78 is 54.5. The van der Waals surface area contributed by atoms with Gasteiger partial charge in [-0.15, -0.1) is 0 Å². The third kappa shape index (κ3) is 6.13. The molecule has 2 aromatic carbocycles. The van der Waals surface area contributed by atoms with Gasteiger partial charge in [0, 0.05) is 35.6 Å². The quantitative estimate of drug-likeness (QED) is 0.180. The summed E-state index contributed by atoms with van der Waals surface area (Å²) in [6, 6.07) is 20.5. The normalized spacial score (nSPS) is 19.9. The van der Waals surface area contributed by atoms with Gasteiger partial charge < -0.3 is 5.32 Å². The number of benzene rings is 2. The molecule has 3 atom stereocenters. The lowest BCUT2D eigenvalue weighted by Gasteiger charge is -2.16. The first-order valence-corrected chi connectivity index (χ1v) is 13.9. The Morgan fingerprint density at radius 2 is 1.74 bits per heavy atom. The third-order valence-corrected chi connectivity index (χ3v) is 7.84. The number of alkyl halides is 3.